The van der Waals surface area contributed by atoms with Gasteiger partial charge in [-0.15, -0.1) is 11.3 Å². The molecule has 10 heteroatoms. The van der Waals surface area contributed by atoms with Gasteiger partial charge in [0.25, 0.3) is 5.56 Å². The predicted molar refractivity (Wildman–Crippen MR) is 106 cm³/mol. The van der Waals surface area contributed by atoms with Crippen molar-refractivity contribution in [3.63, 3.8) is 0 Å². The summed E-state index contributed by atoms with van der Waals surface area (Å²) in [6.45, 7) is 2.03. The summed E-state index contributed by atoms with van der Waals surface area (Å²) in [7, 11) is 0. The predicted octanol–water partition coefficient (Wildman–Crippen LogP) is 2.20. The van der Waals surface area contributed by atoms with Gasteiger partial charge in [-0.05, 0) is 38.2 Å². The van der Waals surface area contributed by atoms with Crippen LogP contribution in [0.1, 0.15) is 40.6 Å². The van der Waals surface area contributed by atoms with Crippen LogP contribution in [-0.4, -0.2) is 34.2 Å². The molecule has 0 spiro atoms. The van der Waals surface area contributed by atoms with Gasteiger partial charge in [-0.25, -0.2) is 9.78 Å². The number of thiophene rings is 1. The van der Waals surface area contributed by atoms with Crippen molar-refractivity contribution in [1.29, 1.82) is 0 Å². The molecule has 0 fully saturated rings. The smallest absolute Gasteiger partial charge is 0.341 e. The van der Waals surface area contributed by atoms with Crippen LogP contribution in [0, 0.1) is 0 Å². The van der Waals surface area contributed by atoms with E-state index in [0.717, 1.165) is 47.9 Å². The van der Waals surface area contributed by atoms with E-state index in [1.165, 1.54) is 17.4 Å². The van der Waals surface area contributed by atoms with E-state index >= 15 is 0 Å². The van der Waals surface area contributed by atoms with E-state index in [1.807, 2.05) is 0 Å². The number of anilines is 2. The summed E-state index contributed by atoms with van der Waals surface area (Å²) < 4.78 is 5.18. The fraction of sp³-hybridized carbons (Fsp3) is 0.412. The summed E-state index contributed by atoms with van der Waals surface area (Å²) in [5.74, 6) is -0.579. The monoisotopic (exact) mass is 408 g/mol. The maximum absolute atomic E-state index is 12.4. The molecule has 1 amide bonds. The number of H-pyrrole nitrogens is 1. The van der Waals surface area contributed by atoms with Crippen molar-refractivity contribution in [3.8, 4) is 0 Å². The molecule has 0 unspecified atom stereocenters. The van der Waals surface area contributed by atoms with Crippen LogP contribution in [-0.2, 0) is 22.4 Å². The second-order valence-electron chi connectivity index (χ2n) is 5.95. The number of thioether (sulfide) groups is 1. The average Bonchev–Trinajstić information content (AvgIpc) is 2.97. The van der Waals surface area contributed by atoms with Crippen LogP contribution < -0.4 is 16.6 Å². The zero-order valence-corrected chi connectivity index (χ0v) is 16.4. The number of rotatable bonds is 6. The van der Waals surface area contributed by atoms with E-state index in [0.29, 0.717) is 10.6 Å². The zero-order valence-electron chi connectivity index (χ0n) is 14.8. The summed E-state index contributed by atoms with van der Waals surface area (Å²) in [6.07, 6.45) is 3.83. The molecule has 0 aromatic carbocycles. The third-order valence-electron chi connectivity index (χ3n) is 3.98. The molecule has 2 heterocycles. The number of hydrogen-bond acceptors (Lipinski definition) is 8. The molecule has 2 aromatic heterocycles. The lowest BCUT2D eigenvalue weighted by Gasteiger charge is -2.12. The number of fused-ring (bicyclic) bond motifs is 1. The SMILES string of the molecule is CCOC(=O)c1c(NC(=O)CSc2nc(N)cc(=O)[nH]2)sc2c1CCCC2. The Morgan fingerprint density at radius 1 is 1.41 bits per heavy atom. The Morgan fingerprint density at radius 2 is 2.19 bits per heavy atom. The van der Waals surface area contributed by atoms with Crippen LogP contribution in [0.15, 0.2) is 16.0 Å². The Bertz CT molecular complexity index is 922. The second-order valence-corrected chi connectivity index (χ2v) is 8.02. The molecule has 144 valence electrons. The van der Waals surface area contributed by atoms with Gasteiger partial charge in [0.1, 0.15) is 10.8 Å². The lowest BCUT2D eigenvalue weighted by Crippen LogP contribution is -2.18. The largest absolute Gasteiger partial charge is 0.462 e. The summed E-state index contributed by atoms with van der Waals surface area (Å²) in [6, 6.07) is 1.17. The van der Waals surface area contributed by atoms with Gasteiger partial charge in [0.05, 0.1) is 17.9 Å². The van der Waals surface area contributed by atoms with Crippen LogP contribution in [0.3, 0.4) is 0 Å². The molecule has 8 nitrogen and oxygen atoms in total. The lowest BCUT2D eigenvalue weighted by atomic mass is 9.95. The topological polar surface area (TPSA) is 127 Å². The molecule has 0 saturated carbocycles. The number of carbonyl (C=O) groups excluding carboxylic acids is 2. The van der Waals surface area contributed by atoms with Gasteiger partial charge in [0, 0.05) is 10.9 Å². The van der Waals surface area contributed by atoms with E-state index in [2.05, 4.69) is 15.3 Å². The first-order valence-corrected chi connectivity index (χ1v) is 10.4. The highest BCUT2D eigenvalue weighted by molar-refractivity contribution is 7.99. The number of nitrogen functional groups attached to an aromatic ring is 1. The fourth-order valence-electron chi connectivity index (χ4n) is 2.89. The first-order chi connectivity index (χ1) is 13.0. The molecule has 3 rings (SSSR count). The van der Waals surface area contributed by atoms with Crippen molar-refractivity contribution in [3.05, 3.63) is 32.4 Å². The van der Waals surface area contributed by atoms with Crippen LogP contribution in [0.25, 0.3) is 0 Å². The summed E-state index contributed by atoms with van der Waals surface area (Å²) in [4.78, 5) is 43.8. The maximum Gasteiger partial charge on any atom is 0.341 e. The average molecular weight is 409 g/mol. The van der Waals surface area contributed by atoms with Crippen molar-refractivity contribution in [1.82, 2.24) is 9.97 Å². The molecular formula is C17H20N4O4S2. The summed E-state index contributed by atoms with van der Waals surface area (Å²) in [5.41, 5.74) is 6.63. The summed E-state index contributed by atoms with van der Waals surface area (Å²) in [5, 5.41) is 3.61. The number of amides is 1. The Labute approximate surface area is 163 Å². The van der Waals surface area contributed by atoms with E-state index in [9.17, 15) is 14.4 Å². The minimum absolute atomic E-state index is 0.0250. The van der Waals surface area contributed by atoms with Gasteiger partial charge in [-0.1, -0.05) is 11.8 Å². The highest BCUT2D eigenvalue weighted by Crippen LogP contribution is 2.38. The Morgan fingerprint density at radius 3 is 2.93 bits per heavy atom. The Hall–Kier alpha value is -2.33. The minimum atomic E-state index is -0.401. The number of nitrogens with one attached hydrogen (secondary N) is 2. The van der Waals surface area contributed by atoms with E-state index in [1.54, 1.807) is 6.92 Å². The number of carbonyl (C=O) groups is 2. The molecule has 0 atom stereocenters. The van der Waals surface area contributed by atoms with Gasteiger partial charge >= 0.3 is 5.97 Å². The number of esters is 1. The van der Waals surface area contributed by atoms with Crippen molar-refractivity contribution >= 4 is 45.8 Å². The number of ether oxygens (including phenoxy) is 1. The molecule has 0 aliphatic heterocycles. The Kier molecular flexibility index (Phi) is 6.17. The quantitative estimate of drug-likeness (QED) is 0.380. The first-order valence-electron chi connectivity index (χ1n) is 8.59. The molecule has 27 heavy (non-hydrogen) atoms. The maximum atomic E-state index is 12.4. The van der Waals surface area contributed by atoms with Crippen molar-refractivity contribution in [2.45, 2.75) is 37.8 Å². The summed E-state index contributed by atoms with van der Waals surface area (Å²) >= 11 is 2.50. The van der Waals surface area contributed by atoms with Crippen LogP contribution in [0.5, 0.6) is 0 Å². The molecule has 2 aromatic rings. The number of aryl methyl sites for hydroxylation is 1. The number of aromatic amines is 1. The number of hydrogen-bond donors (Lipinski definition) is 3. The van der Waals surface area contributed by atoms with E-state index in [4.69, 9.17) is 10.5 Å². The normalized spacial score (nSPS) is 13.1. The fourth-order valence-corrected chi connectivity index (χ4v) is 4.87. The number of aromatic nitrogens is 2. The highest BCUT2D eigenvalue weighted by atomic mass is 32.2. The van der Waals surface area contributed by atoms with E-state index < -0.39 is 5.97 Å². The molecule has 0 bridgehead atoms. The minimum Gasteiger partial charge on any atom is -0.462 e. The van der Waals surface area contributed by atoms with Crippen molar-refractivity contribution in [2.24, 2.45) is 0 Å². The third-order valence-corrected chi connectivity index (χ3v) is 6.06. The van der Waals surface area contributed by atoms with Gasteiger partial charge in [0.15, 0.2) is 5.16 Å². The molecule has 1 aliphatic rings. The molecule has 4 N–H and O–H groups in total. The highest BCUT2D eigenvalue weighted by Gasteiger charge is 2.27. The van der Waals surface area contributed by atoms with Gasteiger partial charge in [-0.2, -0.15) is 0 Å². The Balaban J connectivity index is 1.74. The third kappa shape index (κ3) is 4.69. The van der Waals surface area contributed by atoms with Gasteiger partial charge in [-0.3, -0.25) is 9.59 Å². The standard InChI is InChI=1S/C17H20N4O4S2/c1-2-25-16(24)14-9-5-3-4-6-10(9)27-15(14)20-13(23)8-26-17-19-11(18)7-12(22)21-17/h7H,2-6,8H2,1H3,(H,20,23)(H3,18,19,21,22). The molecule has 0 saturated heterocycles. The van der Waals surface area contributed by atoms with Crippen LogP contribution in [0.4, 0.5) is 10.8 Å². The molecular weight excluding hydrogens is 388 g/mol. The molecule has 1 aliphatic carbocycles. The molecule has 0 radical (unpaired) electrons. The zero-order chi connectivity index (χ0) is 19.4. The van der Waals surface area contributed by atoms with Crippen molar-refractivity contribution < 1.29 is 14.3 Å². The number of nitrogens with two attached hydrogens (primary N) is 1. The van der Waals surface area contributed by atoms with Gasteiger partial charge in [0.2, 0.25) is 5.91 Å². The first kappa shape index (κ1) is 19.4. The van der Waals surface area contributed by atoms with Crippen molar-refractivity contribution in [2.75, 3.05) is 23.4 Å². The van der Waals surface area contributed by atoms with Gasteiger partial charge < -0.3 is 20.8 Å². The second kappa shape index (κ2) is 8.57. The van der Waals surface area contributed by atoms with Crippen LogP contribution >= 0.6 is 23.1 Å². The van der Waals surface area contributed by atoms with Crippen LogP contribution in [0.2, 0.25) is 0 Å². The van der Waals surface area contributed by atoms with E-state index in [-0.39, 0.29) is 34.8 Å². The lowest BCUT2D eigenvalue weighted by molar-refractivity contribution is -0.113. The number of nitrogens with zero attached hydrogens (tertiary/aromatic N) is 1.